The maximum atomic E-state index is 10.3. The number of anilines is 3. The number of rotatable bonds is 5. The largest absolute Gasteiger partial charge is 0.399 e. The molecule has 12 heteroatoms. The van der Waals surface area contributed by atoms with Crippen molar-refractivity contribution in [2.24, 2.45) is 5.10 Å². The Hall–Kier alpha value is -3.32. The number of ether oxygens (including phenoxy) is 1. The standard InChI is InChI=1S/C17H20N8O4/c18-9-3-1-2-8(4-9)5-21-24-17-22-14(19)11-15(23-17)25(7-20-11)16-13(28)12(27)10(6-26)29-16/h1-5,7,10,12-13,16,26-28H,6,18H2,(H3,19,22,23,24)/t10-,12-,13-,16-/m1/s1. The number of hydrazone groups is 1. The summed E-state index contributed by atoms with van der Waals surface area (Å²) in [5, 5.41) is 33.6. The van der Waals surface area contributed by atoms with Crippen LogP contribution < -0.4 is 16.9 Å². The van der Waals surface area contributed by atoms with Crippen molar-refractivity contribution in [1.82, 2.24) is 19.5 Å². The Kier molecular flexibility index (Phi) is 4.98. The van der Waals surface area contributed by atoms with Gasteiger partial charge < -0.3 is 31.5 Å². The van der Waals surface area contributed by atoms with Crippen molar-refractivity contribution in [1.29, 1.82) is 0 Å². The van der Waals surface area contributed by atoms with Crippen molar-refractivity contribution in [2.75, 3.05) is 23.5 Å². The molecule has 0 radical (unpaired) electrons. The molecule has 1 aliphatic rings. The van der Waals surface area contributed by atoms with Crippen molar-refractivity contribution in [3.63, 3.8) is 0 Å². The number of aliphatic hydroxyl groups excluding tert-OH is 3. The molecule has 2 aromatic heterocycles. The quantitative estimate of drug-likeness (QED) is 0.177. The number of nitrogens with two attached hydrogens (primary N) is 2. The SMILES string of the molecule is Nc1cccc(C=NNc2nc(N)c3ncn([C@@H]4O[C@H](CO)[C@@H](O)[C@H]4O)c3n2)c1. The summed E-state index contributed by atoms with van der Waals surface area (Å²) in [6.45, 7) is -0.440. The highest BCUT2D eigenvalue weighted by molar-refractivity contribution is 5.84. The first kappa shape index (κ1) is 19.0. The molecule has 3 aromatic rings. The first-order chi connectivity index (χ1) is 14.0. The number of hydrogen-bond acceptors (Lipinski definition) is 11. The molecule has 12 nitrogen and oxygen atoms in total. The Balaban J connectivity index is 1.62. The van der Waals surface area contributed by atoms with E-state index in [1.165, 1.54) is 10.9 Å². The number of hydrogen-bond donors (Lipinski definition) is 6. The van der Waals surface area contributed by atoms with Gasteiger partial charge in [0.1, 0.15) is 23.8 Å². The lowest BCUT2D eigenvalue weighted by Crippen LogP contribution is -2.33. The smallest absolute Gasteiger partial charge is 0.247 e. The molecule has 8 N–H and O–H groups in total. The van der Waals surface area contributed by atoms with Crippen LogP contribution in [0.3, 0.4) is 0 Å². The third-order valence-corrected chi connectivity index (χ3v) is 4.53. The molecule has 1 saturated heterocycles. The lowest BCUT2D eigenvalue weighted by atomic mass is 10.1. The molecular formula is C17H20N8O4. The molecule has 0 saturated carbocycles. The molecule has 3 heterocycles. The monoisotopic (exact) mass is 400 g/mol. The van der Waals surface area contributed by atoms with Crippen LogP contribution in [0.2, 0.25) is 0 Å². The number of nitrogen functional groups attached to an aromatic ring is 2. The summed E-state index contributed by atoms with van der Waals surface area (Å²) in [6, 6.07) is 7.15. The fraction of sp³-hybridized carbons (Fsp3) is 0.294. The summed E-state index contributed by atoms with van der Waals surface area (Å²) in [7, 11) is 0. The third kappa shape index (κ3) is 3.56. The summed E-state index contributed by atoms with van der Waals surface area (Å²) in [5.41, 5.74) is 16.3. The second-order valence-electron chi connectivity index (χ2n) is 6.53. The molecule has 0 amide bonds. The first-order valence-corrected chi connectivity index (χ1v) is 8.75. The van der Waals surface area contributed by atoms with Gasteiger partial charge >= 0.3 is 0 Å². The minimum atomic E-state index is -1.28. The Morgan fingerprint density at radius 2 is 2.07 bits per heavy atom. The fourth-order valence-corrected chi connectivity index (χ4v) is 3.09. The van der Waals surface area contributed by atoms with Crippen LogP contribution in [0.1, 0.15) is 11.8 Å². The van der Waals surface area contributed by atoms with E-state index in [4.69, 9.17) is 16.2 Å². The number of aromatic nitrogens is 4. The molecule has 0 unspecified atom stereocenters. The fourth-order valence-electron chi connectivity index (χ4n) is 3.09. The molecule has 152 valence electrons. The van der Waals surface area contributed by atoms with E-state index in [1.54, 1.807) is 24.4 Å². The minimum absolute atomic E-state index is 0.0992. The van der Waals surface area contributed by atoms with Gasteiger partial charge in [-0.05, 0) is 17.7 Å². The first-order valence-electron chi connectivity index (χ1n) is 8.75. The topological polar surface area (TPSA) is 190 Å². The summed E-state index contributed by atoms with van der Waals surface area (Å²) in [4.78, 5) is 12.6. The van der Waals surface area contributed by atoms with Gasteiger partial charge in [-0.15, -0.1) is 0 Å². The van der Waals surface area contributed by atoms with Gasteiger partial charge in [0.2, 0.25) is 5.95 Å². The van der Waals surface area contributed by atoms with Gasteiger partial charge in [-0.2, -0.15) is 15.1 Å². The van der Waals surface area contributed by atoms with Crippen LogP contribution in [0, 0.1) is 0 Å². The molecule has 0 bridgehead atoms. The maximum absolute atomic E-state index is 10.3. The van der Waals surface area contributed by atoms with Crippen molar-refractivity contribution in [2.45, 2.75) is 24.5 Å². The second-order valence-corrected chi connectivity index (χ2v) is 6.53. The normalized spacial score (nSPS) is 24.5. The molecule has 4 rings (SSSR count). The van der Waals surface area contributed by atoms with E-state index < -0.39 is 31.1 Å². The molecule has 0 spiro atoms. The van der Waals surface area contributed by atoms with Crippen LogP contribution in [0.25, 0.3) is 11.2 Å². The van der Waals surface area contributed by atoms with Gasteiger partial charge in [-0.1, -0.05) is 12.1 Å². The molecule has 1 aromatic carbocycles. The highest BCUT2D eigenvalue weighted by Crippen LogP contribution is 2.32. The Morgan fingerprint density at radius 1 is 1.24 bits per heavy atom. The van der Waals surface area contributed by atoms with E-state index in [1.807, 2.05) is 6.07 Å². The Bertz CT molecular complexity index is 1060. The van der Waals surface area contributed by atoms with E-state index in [-0.39, 0.29) is 17.4 Å². The maximum Gasteiger partial charge on any atom is 0.247 e. The number of nitrogens with zero attached hydrogens (tertiary/aromatic N) is 5. The molecule has 1 fully saturated rings. The lowest BCUT2D eigenvalue weighted by Gasteiger charge is -2.16. The van der Waals surface area contributed by atoms with E-state index in [0.29, 0.717) is 11.2 Å². The van der Waals surface area contributed by atoms with E-state index in [9.17, 15) is 15.3 Å². The highest BCUT2D eigenvalue weighted by Gasteiger charge is 2.44. The van der Waals surface area contributed by atoms with Crippen LogP contribution in [0.5, 0.6) is 0 Å². The number of nitrogens with one attached hydrogen (secondary N) is 1. The van der Waals surface area contributed by atoms with Crippen LogP contribution in [0.4, 0.5) is 17.5 Å². The highest BCUT2D eigenvalue weighted by atomic mass is 16.6. The number of aliphatic hydroxyl groups is 3. The molecule has 0 aliphatic carbocycles. The second kappa shape index (κ2) is 7.60. The number of fused-ring (bicyclic) bond motifs is 1. The zero-order valence-corrected chi connectivity index (χ0v) is 15.1. The van der Waals surface area contributed by atoms with Crippen molar-refractivity contribution >= 4 is 34.8 Å². The van der Waals surface area contributed by atoms with Crippen molar-refractivity contribution < 1.29 is 20.1 Å². The predicted octanol–water partition coefficient (Wildman–Crippen LogP) is -0.952. The minimum Gasteiger partial charge on any atom is -0.399 e. The average molecular weight is 400 g/mol. The van der Waals surface area contributed by atoms with Crippen molar-refractivity contribution in [3.05, 3.63) is 36.2 Å². The lowest BCUT2D eigenvalue weighted by molar-refractivity contribution is -0.0511. The molecule has 4 atom stereocenters. The predicted molar refractivity (Wildman–Crippen MR) is 105 cm³/mol. The van der Waals surface area contributed by atoms with Gasteiger partial charge in [0.15, 0.2) is 17.7 Å². The third-order valence-electron chi connectivity index (χ3n) is 4.53. The van der Waals surface area contributed by atoms with Gasteiger partial charge in [0, 0.05) is 5.69 Å². The summed E-state index contributed by atoms with van der Waals surface area (Å²) in [5.74, 6) is 0.200. The Morgan fingerprint density at radius 3 is 2.79 bits per heavy atom. The van der Waals surface area contributed by atoms with E-state index in [2.05, 4.69) is 25.5 Å². The number of benzene rings is 1. The molecule has 1 aliphatic heterocycles. The summed E-state index contributed by atoms with van der Waals surface area (Å²) in [6.07, 6.45) is -1.53. The van der Waals surface area contributed by atoms with Gasteiger partial charge in [0.05, 0.1) is 19.1 Å². The Labute approximate surface area is 164 Å². The van der Waals surface area contributed by atoms with Crippen molar-refractivity contribution in [3.8, 4) is 0 Å². The van der Waals surface area contributed by atoms with Crippen LogP contribution in [-0.2, 0) is 4.74 Å². The van der Waals surface area contributed by atoms with Gasteiger partial charge in [-0.25, -0.2) is 10.4 Å². The van der Waals surface area contributed by atoms with Crippen LogP contribution >= 0.6 is 0 Å². The van der Waals surface area contributed by atoms with E-state index in [0.717, 1.165) is 5.56 Å². The molecule has 29 heavy (non-hydrogen) atoms. The summed E-state index contributed by atoms with van der Waals surface area (Å²) < 4.78 is 6.95. The zero-order chi connectivity index (χ0) is 20.5. The van der Waals surface area contributed by atoms with Crippen LogP contribution in [-0.4, -0.2) is 66.0 Å². The van der Waals surface area contributed by atoms with Crippen LogP contribution in [0.15, 0.2) is 35.7 Å². The van der Waals surface area contributed by atoms with Gasteiger partial charge in [0.25, 0.3) is 0 Å². The summed E-state index contributed by atoms with van der Waals surface area (Å²) >= 11 is 0. The van der Waals surface area contributed by atoms with E-state index >= 15 is 0 Å². The average Bonchev–Trinajstić information content (AvgIpc) is 3.24. The van der Waals surface area contributed by atoms with Gasteiger partial charge in [-0.3, -0.25) is 4.57 Å². The zero-order valence-electron chi connectivity index (χ0n) is 15.1. The molecular weight excluding hydrogens is 380 g/mol. The number of imidazole rings is 1.